The second kappa shape index (κ2) is 9.32. The molecule has 1 aliphatic heterocycles. The highest BCUT2D eigenvalue weighted by molar-refractivity contribution is 5.88. The summed E-state index contributed by atoms with van der Waals surface area (Å²) >= 11 is 0. The summed E-state index contributed by atoms with van der Waals surface area (Å²) in [5, 5.41) is 2.67. The van der Waals surface area contributed by atoms with Crippen LogP contribution in [0.4, 0.5) is 9.59 Å². The molecule has 0 aromatic carbocycles. The molecule has 1 N–H and O–H groups in total. The molecule has 10 heteroatoms. The van der Waals surface area contributed by atoms with Crippen molar-refractivity contribution in [3.05, 3.63) is 0 Å². The number of nitrogens with one attached hydrogen (secondary N) is 1. The van der Waals surface area contributed by atoms with Gasteiger partial charge in [-0.3, -0.25) is 4.79 Å². The van der Waals surface area contributed by atoms with Crippen molar-refractivity contribution < 1.29 is 33.4 Å². The van der Waals surface area contributed by atoms with Gasteiger partial charge in [-0.1, -0.05) is 0 Å². The fourth-order valence-electron chi connectivity index (χ4n) is 2.75. The second-order valence-corrected chi connectivity index (χ2v) is 9.00. The number of alkyl carbamates (subject to hydrolysis) is 1. The molecule has 1 unspecified atom stereocenters. The number of amides is 3. The van der Waals surface area contributed by atoms with E-state index in [1.807, 2.05) is 0 Å². The quantitative estimate of drug-likeness (QED) is 0.547. The number of methoxy groups -OCH3 is 1. The van der Waals surface area contributed by atoms with E-state index in [1.54, 1.807) is 41.5 Å². The summed E-state index contributed by atoms with van der Waals surface area (Å²) in [6, 6.07) is -1.34. The first-order chi connectivity index (χ1) is 13.1. The highest BCUT2D eigenvalue weighted by atomic mass is 16.6. The molecule has 0 spiro atoms. The maximum absolute atomic E-state index is 12.7. The number of esters is 1. The van der Waals surface area contributed by atoms with E-state index in [4.69, 9.17) is 14.2 Å². The maximum atomic E-state index is 12.7. The molecule has 1 fully saturated rings. The second-order valence-electron chi connectivity index (χ2n) is 9.00. The number of ether oxygens (including phenoxy) is 3. The molecular formula is C19H33N3O7. The van der Waals surface area contributed by atoms with E-state index in [0.717, 1.165) is 4.90 Å². The van der Waals surface area contributed by atoms with Crippen molar-refractivity contribution in [1.82, 2.24) is 15.1 Å². The van der Waals surface area contributed by atoms with Crippen LogP contribution in [0.2, 0.25) is 0 Å². The smallest absolute Gasteiger partial charge is 0.410 e. The summed E-state index contributed by atoms with van der Waals surface area (Å²) in [5.74, 6) is -1.05. The van der Waals surface area contributed by atoms with Crippen LogP contribution in [0.3, 0.4) is 0 Å². The Bertz CT molecular complexity index is 637. The number of nitrogens with zero attached hydrogens (tertiary/aromatic N) is 2. The van der Waals surface area contributed by atoms with Crippen LogP contribution < -0.4 is 5.32 Å². The summed E-state index contributed by atoms with van der Waals surface area (Å²) in [7, 11) is 2.66. The van der Waals surface area contributed by atoms with Crippen molar-refractivity contribution >= 4 is 24.1 Å². The lowest BCUT2D eigenvalue weighted by Gasteiger charge is -2.27. The lowest BCUT2D eigenvalue weighted by Crippen LogP contribution is -2.47. The molecule has 10 nitrogen and oxygen atoms in total. The average molecular weight is 415 g/mol. The normalized spacial score (nSPS) is 19.4. The molecule has 29 heavy (non-hydrogen) atoms. The number of likely N-dealkylation sites (N-methyl/N-ethyl adjacent to an activating group) is 1. The van der Waals surface area contributed by atoms with Gasteiger partial charge >= 0.3 is 18.2 Å². The van der Waals surface area contributed by atoms with Gasteiger partial charge in [0, 0.05) is 20.0 Å². The molecule has 1 rings (SSSR count). The molecule has 0 aromatic heterocycles. The van der Waals surface area contributed by atoms with E-state index in [0.29, 0.717) is 0 Å². The van der Waals surface area contributed by atoms with Gasteiger partial charge in [0.25, 0.3) is 0 Å². The standard InChI is InChI=1S/C19H33N3O7/c1-18(2,3)28-16(25)20-12-9-13(15(24)27-8)22(10-12)14(23)11-21(7)17(26)29-19(4,5)6/h12-13H,9-11H2,1-8H3,(H,20,25)/t12?,13-/m0/s1. The molecule has 166 valence electrons. The minimum Gasteiger partial charge on any atom is -0.467 e. The van der Waals surface area contributed by atoms with Gasteiger partial charge in [-0.05, 0) is 41.5 Å². The molecule has 3 amide bonds. The van der Waals surface area contributed by atoms with E-state index >= 15 is 0 Å². The van der Waals surface area contributed by atoms with Gasteiger partial charge in [-0.15, -0.1) is 0 Å². The predicted octanol–water partition coefficient (Wildman–Crippen LogP) is 1.52. The van der Waals surface area contributed by atoms with Crippen molar-refractivity contribution in [2.75, 3.05) is 27.2 Å². The van der Waals surface area contributed by atoms with Crippen LogP contribution in [0.15, 0.2) is 0 Å². The molecule has 1 saturated heterocycles. The fraction of sp³-hybridized carbons (Fsp3) is 0.789. The molecule has 0 saturated carbocycles. The van der Waals surface area contributed by atoms with Crippen molar-refractivity contribution in [3.63, 3.8) is 0 Å². The first kappa shape index (κ1) is 24.5. The van der Waals surface area contributed by atoms with Crippen molar-refractivity contribution in [2.45, 2.75) is 71.2 Å². The molecule has 0 bridgehead atoms. The maximum Gasteiger partial charge on any atom is 0.410 e. The molecule has 1 heterocycles. The van der Waals surface area contributed by atoms with Gasteiger partial charge in [-0.2, -0.15) is 0 Å². The number of rotatable bonds is 4. The fourth-order valence-corrected chi connectivity index (χ4v) is 2.75. The van der Waals surface area contributed by atoms with E-state index in [1.165, 1.54) is 19.1 Å². The number of carbonyl (C=O) groups is 4. The van der Waals surface area contributed by atoms with Crippen LogP contribution >= 0.6 is 0 Å². The number of hydrogen-bond donors (Lipinski definition) is 1. The Morgan fingerprint density at radius 3 is 2.07 bits per heavy atom. The molecule has 2 atom stereocenters. The Kier molecular flexibility index (Phi) is 7.88. The van der Waals surface area contributed by atoms with Gasteiger partial charge in [-0.25, -0.2) is 14.4 Å². The molecular weight excluding hydrogens is 382 g/mol. The van der Waals surface area contributed by atoms with Crippen molar-refractivity contribution in [2.24, 2.45) is 0 Å². The van der Waals surface area contributed by atoms with Crippen molar-refractivity contribution in [3.8, 4) is 0 Å². The summed E-state index contributed by atoms with van der Waals surface area (Å²) in [6.45, 7) is 10.2. The van der Waals surface area contributed by atoms with Crippen LogP contribution in [0.5, 0.6) is 0 Å². The number of carbonyl (C=O) groups excluding carboxylic acids is 4. The number of likely N-dealkylation sites (tertiary alicyclic amines) is 1. The highest BCUT2D eigenvalue weighted by Crippen LogP contribution is 2.21. The third kappa shape index (κ3) is 8.16. The molecule has 0 radical (unpaired) electrons. The zero-order valence-electron chi connectivity index (χ0n) is 18.5. The largest absolute Gasteiger partial charge is 0.467 e. The molecule has 0 aromatic rings. The van der Waals surface area contributed by atoms with Gasteiger partial charge in [0.2, 0.25) is 5.91 Å². The molecule has 0 aliphatic carbocycles. The minimum atomic E-state index is -0.862. The van der Waals surface area contributed by atoms with E-state index in [-0.39, 0.29) is 19.5 Å². The third-order valence-corrected chi connectivity index (χ3v) is 3.89. The van der Waals surface area contributed by atoms with Crippen LogP contribution in [-0.4, -0.2) is 84.4 Å². The van der Waals surface area contributed by atoms with E-state index in [2.05, 4.69) is 5.32 Å². The topological polar surface area (TPSA) is 114 Å². The third-order valence-electron chi connectivity index (χ3n) is 3.89. The Morgan fingerprint density at radius 1 is 1.03 bits per heavy atom. The lowest BCUT2D eigenvalue weighted by atomic mass is 10.1. The Balaban J connectivity index is 2.80. The minimum absolute atomic E-state index is 0.0972. The highest BCUT2D eigenvalue weighted by Gasteiger charge is 2.41. The summed E-state index contributed by atoms with van der Waals surface area (Å²) in [4.78, 5) is 51.4. The predicted molar refractivity (Wildman–Crippen MR) is 104 cm³/mol. The zero-order chi connectivity index (χ0) is 22.6. The van der Waals surface area contributed by atoms with Crippen LogP contribution in [0.1, 0.15) is 48.0 Å². The van der Waals surface area contributed by atoms with Crippen molar-refractivity contribution in [1.29, 1.82) is 0 Å². The lowest BCUT2D eigenvalue weighted by molar-refractivity contribution is -0.151. The van der Waals surface area contributed by atoms with Gasteiger partial charge < -0.3 is 29.3 Å². The summed E-state index contributed by atoms with van der Waals surface area (Å²) < 4.78 is 15.2. The van der Waals surface area contributed by atoms with Gasteiger partial charge in [0.05, 0.1) is 13.2 Å². The Hall–Kier alpha value is -2.52. The van der Waals surface area contributed by atoms with Gasteiger partial charge in [0.1, 0.15) is 23.8 Å². The summed E-state index contributed by atoms with van der Waals surface area (Å²) in [6.07, 6.45) is -1.09. The van der Waals surface area contributed by atoms with Crippen LogP contribution in [0, 0.1) is 0 Å². The monoisotopic (exact) mass is 415 g/mol. The Labute approximate surface area is 171 Å². The SMILES string of the molecule is COC(=O)[C@@H]1CC(NC(=O)OC(C)(C)C)CN1C(=O)CN(C)C(=O)OC(C)(C)C. The van der Waals surface area contributed by atoms with E-state index < -0.39 is 47.3 Å². The summed E-state index contributed by atoms with van der Waals surface area (Å²) in [5.41, 5.74) is -1.37. The zero-order valence-corrected chi connectivity index (χ0v) is 18.5. The van der Waals surface area contributed by atoms with Gasteiger partial charge in [0.15, 0.2) is 0 Å². The first-order valence-corrected chi connectivity index (χ1v) is 9.44. The first-order valence-electron chi connectivity index (χ1n) is 9.44. The average Bonchev–Trinajstić information content (AvgIpc) is 2.94. The molecule has 1 aliphatic rings. The van der Waals surface area contributed by atoms with Crippen LogP contribution in [0.25, 0.3) is 0 Å². The number of hydrogen-bond acceptors (Lipinski definition) is 7. The van der Waals surface area contributed by atoms with Crippen LogP contribution in [-0.2, 0) is 23.8 Å². The Morgan fingerprint density at radius 2 is 1.59 bits per heavy atom. The van der Waals surface area contributed by atoms with E-state index in [9.17, 15) is 19.2 Å².